The van der Waals surface area contributed by atoms with E-state index in [0.717, 1.165) is 44.4 Å². The van der Waals surface area contributed by atoms with Crippen molar-refractivity contribution in [3.63, 3.8) is 0 Å². The molecule has 1 N–H and O–H groups in total. The number of benzene rings is 1. The second-order valence-electron chi connectivity index (χ2n) is 7.80. The first-order valence-electron chi connectivity index (χ1n) is 10.1. The van der Waals surface area contributed by atoms with E-state index in [1.807, 2.05) is 19.2 Å². The Morgan fingerprint density at radius 3 is 2.79 bits per heavy atom. The first-order valence-corrected chi connectivity index (χ1v) is 11.1. The number of aliphatic imine (C=N–C) groups is 1. The number of halogens is 1. The van der Waals surface area contributed by atoms with Gasteiger partial charge in [-0.3, -0.25) is 4.99 Å². The molecule has 0 saturated carbocycles. The Bertz CT molecular complexity index is 643. The predicted molar refractivity (Wildman–Crippen MR) is 133 cm³/mol. The Hall–Kier alpha value is -0.830. The number of nitrogens with one attached hydrogen (secondary N) is 1. The quantitative estimate of drug-likeness (QED) is 0.365. The fourth-order valence-corrected chi connectivity index (χ4v) is 5.25. The number of thioether (sulfide) groups is 1. The maximum Gasteiger partial charge on any atom is 0.193 e. The van der Waals surface area contributed by atoms with Gasteiger partial charge in [-0.1, -0.05) is 26.0 Å². The molecule has 0 radical (unpaired) electrons. The van der Waals surface area contributed by atoms with Crippen LogP contribution in [0.2, 0.25) is 0 Å². The SMILES string of the molecule is CN=C(NCC1CCN(c2ccccc2OC)C1)N1CCSC(C(C)C)C1.I. The minimum Gasteiger partial charge on any atom is -0.495 e. The fourth-order valence-electron chi connectivity index (χ4n) is 3.95. The van der Waals surface area contributed by atoms with Gasteiger partial charge in [-0.05, 0) is 30.4 Å². The predicted octanol–water partition coefficient (Wildman–Crippen LogP) is 3.79. The standard InChI is InChI=1S/C21H34N4OS.HI/c1-16(2)20-15-25(11-12-27-20)21(22-3)23-13-17-9-10-24(14-17)18-7-5-6-8-19(18)26-4;/h5-8,16-17,20H,9-15H2,1-4H3,(H,22,23);1H. The number of para-hydroxylation sites is 2. The lowest BCUT2D eigenvalue weighted by molar-refractivity contribution is 0.377. The zero-order valence-corrected chi connectivity index (χ0v) is 20.7. The molecule has 0 aromatic heterocycles. The summed E-state index contributed by atoms with van der Waals surface area (Å²) in [5.74, 6) is 4.56. The van der Waals surface area contributed by atoms with Crippen molar-refractivity contribution in [2.75, 3.05) is 57.5 Å². The van der Waals surface area contributed by atoms with Crippen LogP contribution in [-0.2, 0) is 0 Å². The van der Waals surface area contributed by atoms with Gasteiger partial charge in [0, 0.05) is 50.8 Å². The first-order chi connectivity index (χ1) is 13.1. The van der Waals surface area contributed by atoms with Crippen molar-refractivity contribution in [1.29, 1.82) is 0 Å². The largest absolute Gasteiger partial charge is 0.495 e. The summed E-state index contributed by atoms with van der Waals surface area (Å²) in [5.41, 5.74) is 1.21. The van der Waals surface area contributed by atoms with E-state index in [9.17, 15) is 0 Å². The minimum atomic E-state index is 0. The summed E-state index contributed by atoms with van der Waals surface area (Å²) in [4.78, 5) is 9.44. The average Bonchev–Trinajstić information content (AvgIpc) is 3.17. The number of nitrogens with zero attached hydrogens (tertiary/aromatic N) is 3. The first kappa shape index (κ1) is 23.4. The van der Waals surface area contributed by atoms with Crippen LogP contribution in [0.4, 0.5) is 5.69 Å². The van der Waals surface area contributed by atoms with Crippen LogP contribution in [0.3, 0.4) is 0 Å². The van der Waals surface area contributed by atoms with Crippen molar-refractivity contribution in [2.24, 2.45) is 16.8 Å². The number of guanidine groups is 1. The molecule has 0 spiro atoms. The van der Waals surface area contributed by atoms with Crippen LogP contribution in [0.1, 0.15) is 20.3 Å². The molecule has 0 amide bonds. The highest BCUT2D eigenvalue weighted by molar-refractivity contribution is 14.0. The van der Waals surface area contributed by atoms with E-state index >= 15 is 0 Å². The molecule has 7 heteroatoms. The average molecular weight is 519 g/mol. The van der Waals surface area contributed by atoms with Gasteiger partial charge >= 0.3 is 0 Å². The van der Waals surface area contributed by atoms with Gasteiger partial charge in [0.05, 0.1) is 12.8 Å². The van der Waals surface area contributed by atoms with Gasteiger partial charge in [-0.2, -0.15) is 11.8 Å². The van der Waals surface area contributed by atoms with Gasteiger partial charge < -0.3 is 19.9 Å². The number of rotatable bonds is 5. The maximum absolute atomic E-state index is 5.53. The molecule has 0 aliphatic carbocycles. The summed E-state index contributed by atoms with van der Waals surface area (Å²) < 4.78 is 5.53. The summed E-state index contributed by atoms with van der Waals surface area (Å²) in [6.07, 6.45) is 1.20. The summed E-state index contributed by atoms with van der Waals surface area (Å²) in [7, 11) is 3.66. The van der Waals surface area contributed by atoms with Crippen molar-refractivity contribution in [1.82, 2.24) is 10.2 Å². The molecule has 2 atom stereocenters. The lowest BCUT2D eigenvalue weighted by Crippen LogP contribution is -2.50. The number of ether oxygens (including phenoxy) is 1. The fraction of sp³-hybridized carbons (Fsp3) is 0.667. The van der Waals surface area contributed by atoms with Crippen LogP contribution in [0, 0.1) is 11.8 Å². The molecule has 1 aromatic carbocycles. The molecular formula is C21H35IN4OS. The lowest BCUT2D eigenvalue weighted by atomic mass is 10.1. The molecular weight excluding hydrogens is 483 g/mol. The molecule has 2 aliphatic heterocycles. The highest BCUT2D eigenvalue weighted by Crippen LogP contribution is 2.31. The Balaban J connectivity index is 0.00000280. The molecule has 2 aliphatic rings. The Morgan fingerprint density at radius 2 is 2.07 bits per heavy atom. The summed E-state index contributed by atoms with van der Waals surface area (Å²) >= 11 is 2.10. The Labute approximate surface area is 191 Å². The third kappa shape index (κ3) is 5.84. The van der Waals surface area contributed by atoms with Crippen LogP contribution < -0.4 is 15.0 Å². The van der Waals surface area contributed by atoms with Gasteiger partial charge in [0.2, 0.25) is 0 Å². The van der Waals surface area contributed by atoms with Gasteiger partial charge in [-0.25, -0.2) is 0 Å². The van der Waals surface area contributed by atoms with E-state index in [1.54, 1.807) is 7.11 Å². The summed E-state index contributed by atoms with van der Waals surface area (Å²) in [6, 6.07) is 8.32. The van der Waals surface area contributed by atoms with Gasteiger partial charge in [0.15, 0.2) is 5.96 Å². The van der Waals surface area contributed by atoms with Crippen molar-refractivity contribution in [3.8, 4) is 5.75 Å². The molecule has 2 fully saturated rings. The van der Waals surface area contributed by atoms with E-state index in [0.29, 0.717) is 17.1 Å². The number of hydrogen-bond acceptors (Lipinski definition) is 4. The molecule has 2 heterocycles. The van der Waals surface area contributed by atoms with Gasteiger partial charge in [-0.15, -0.1) is 24.0 Å². The number of anilines is 1. The molecule has 0 bridgehead atoms. The molecule has 3 rings (SSSR count). The Kier molecular flexibility index (Phi) is 9.53. The highest BCUT2D eigenvalue weighted by Gasteiger charge is 2.27. The maximum atomic E-state index is 5.53. The lowest BCUT2D eigenvalue weighted by Gasteiger charge is -2.36. The summed E-state index contributed by atoms with van der Waals surface area (Å²) in [5, 5.41) is 4.35. The molecule has 28 heavy (non-hydrogen) atoms. The van der Waals surface area contributed by atoms with Crippen LogP contribution >= 0.6 is 35.7 Å². The molecule has 158 valence electrons. The van der Waals surface area contributed by atoms with Crippen LogP contribution in [-0.4, -0.2) is 68.7 Å². The van der Waals surface area contributed by atoms with E-state index in [-0.39, 0.29) is 24.0 Å². The molecule has 1 aromatic rings. The van der Waals surface area contributed by atoms with E-state index in [1.165, 1.54) is 17.9 Å². The van der Waals surface area contributed by atoms with Gasteiger partial charge in [0.1, 0.15) is 5.75 Å². The van der Waals surface area contributed by atoms with Crippen molar-refractivity contribution in [2.45, 2.75) is 25.5 Å². The number of methoxy groups -OCH3 is 1. The van der Waals surface area contributed by atoms with Crippen molar-refractivity contribution < 1.29 is 4.74 Å². The van der Waals surface area contributed by atoms with Crippen LogP contribution in [0.15, 0.2) is 29.3 Å². The van der Waals surface area contributed by atoms with Crippen molar-refractivity contribution >= 4 is 47.4 Å². The zero-order chi connectivity index (χ0) is 19.2. The van der Waals surface area contributed by atoms with Gasteiger partial charge in [0.25, 0.3) is 0 Å². The normalized spacial score (nSPS) is 23.0. The second-order valence-corrected chi connectivity index (χ2v) is 9.15. The van der Waals surface area contributed by atoms with Crippen molar-refractivity contribution in [3.05, 3.63) is 24.3 Å². The third-order valence-corrected chi connectivity index (χ3v) is 7.15. The van der Waals surface area contributed by atoms with Crippen LogP contribution in [0.5, 0.6) is 5.75 Å². The summed E-state index contributed by atoms with van der Waals surface area (Å²) in [6.45, 7) is 9.96. The smallest absolute Gasteiger partial charge is 0.193 e. The minimum absolute atomic E-state index is 0. The van der Waals surface area contributed by atoms with E-state index in [4.69, 9.17) is 4.74 Å². The monoisotopic (exact) mass is 518 g/mol. The molecule has 5 nitrogen and oxygen atoms in total. The molecule has 2 unspecified atom stereocenters. The van der Waals surface area contributed by atoms with E-state index in [2.05, 4.69) is 57.9 Å². The van der Waals surface area contributed by atoms with E-state index < -0.39 is 0 Å². The second kappa shape index (κ2) is 11.4. The Morgan fingerprint density at radius 1 is 1.29 bits per heavy atom. The third-order valence-electron chi connectivity index (χ3n) is 5.61. The zero-order valence-electron chi connectivity index (χ0n) is 17.6. The molecule has 2 saturated heterocycles. The number of hydrogen-bond donors (Lipinski definition) is 1. The topological polar surface area (TPSA) is 40.1 Å². The highest BCUT2D eigenvalue weighted by atomic mass is 127. The van der Waals surface area contributed by atoms with Crippen LogP contribution in [0.25, 0.3) is 0 Å².